The minimum absolute atomic E-state index is 0.0524. The number of anilines is 3. The lowest BCUT2D eigenvalue weighted by molar-refractivity contribution is -0.124. The van der Waals surface area contributed by atoms with Gasteiger partial charge in [-0.15, -0.1) is 0 Å². The van der Waals surface area contributed by atoms with Crippen LogP contribution in [-0.4, -0.2) is 69.8 Å². The molecule has 0 bridgehead atoms. The molecule has 3 aromatic rings. The maximum atomic E-state index is 13.8. The van der Waals surface area contributed by atoms with E-state index in [-0.39, 0.29) is 18.2 Å². The number of methoxy groups -OCH3 is 3. The van der Waals surface area contributed by atoms with Gasteiger partial charge in [-0.3, -0.25) is 14.5 Å². The first-order valence-corrected chi connectivity index (χ1v) is 13.2. The van der Waals surface area contributed by atoms with Gasteiger partial charge in [-0.2, -0.15) is 0 Å². The lowest BCUT2D eigenvalue weighted by Crippen LogP contribution is -2.39. The van der Waals surface area contributed by atoms with Crippen LogP contribution in [0.1, 0.15) is 12.0 Å². The summed E-state index contributed by atoms with van der Waals surface area (Å²) < 4.78 is 16.0. The van der Waals surface area contributed by atoms with Crippen molar-refractivity contribution in [3.8, 4) is 17.2 Å². The minimum Gasteiger partial charge on any atom is -0.497 e. The number of carbonyl (C=O) groups is 2. The third-order valence-electron chi connectivity index (χ3n) is 6.78. The fourth-order valence-corrected chi connectivity index (χ4v) is 4.99. The summed E-state index contributed by atoms with van der Waals surface area (Å²) in [6, 6.07) is 19.6. The van der Waals surface area contributed by atoms with Crippen molar-refractivity contribution in [2.45, 2.75) is 18.9 Å². The molecule has 1 saturated heterocycles. The van der Waals surface area contributed by atoms with Crippen LogP contribution in [0.2, 0.25) is 0 Å². The van der Waals surface area contributed by atoms with Gasteiger partial charge < -0.3 is 29.3 Å². The number of carbonyl (C=O) groups excluding carboxylic acids is 2. The van der Waals surface area contributed by atoms with Gasteiger partial charge in [0.05, 0.1) is 33.4 Å². The first-order chi connectivity index (χ1) is 19.2. The van der Waals surface area contributed by atoms with Gasteiger partial charge in [0.25, 0.3) is 5.91 Å². The van der Waals surface area contributed by atoms with Gasteiger partial charge in [-0.25, -0.2) is 0 Å². The molecule has 0 aromatic heterocycles. The number of amides is 2. The van der Waals surface area contributed by atoms with E-state index in [4.69, 9.17) is 26.4 Å². The van der Waals surface area contributed by atoms with Crippen LogP contribution < -0.4 is 29.3 Å². The Kier molecular flexibility index (Phi) is 9.11. The molecule has 1 aliphatic rings. The second-order valence-electron chi connectivity index (χ2n) is 9.50. The number of benzene rings is 3. The molecule has 1 aliphatic heterocycles. The molecular formula is C30H34N4O5S. The van der Waals surface area contributed by atoms with Gasteiger partial charge in [-0.1, -0.05) is 6.07 Å². The predicted molar refractivity (Wildman–Crippen MR) is 161 cm³/mol. The van der Waals surface area contributed by atoms with Crippen molar-refractivity contribution >= 4 is 46.2 Å². The molecule has 1 fully saturated rings. The van der Waals surface area contributed by atoms with Crippen LogP contribution in [0.15, 0.2) is 66.7 Å². The van der Waals surface area contributed by atoms with Crippen LogP contribution in [0.25, 0.3) is 0 Å². The Morgan fingerprint density at radius 3 is 2.20 bits per heavy atom. The molecule has 0 radical (unpaired) electrons. The summed E-state index contributed by atoms with van der Waals surface area (Å²) in [6.07, 6.45) is 0.529. The first-order valence-electron chi connectivity index (χ1n) is 12.8. The number of nitrogens with zero attached hydrogens (tertiary/aromatic N) is 3. The predicted octanol–water partition coefficient (Wildman–Crippen LogP) is 4.35. The summed E-state index contributed by atoms with van der Waals surface area (Å²) in [7, 11) is 8.67. The maximum Gasteiger partial charge on any atom is 0.256 e. The smallest absolute Gasteiger partial charge is 0.256 e. The van der Waals surface area contributed by atoms with E-state index < -0.39 is 6.04 Å². The standard InChI is InChI=1S/C30H34N4O5S/c1-32(2)22-9-11-23(12-10-22)34-29(36)25(19-28(35)31-21-7-13-24(37-3)14-8-21)33(30(34)40)17-16-20-6-15-26(38-4)27(18-20)39-5/h6-15,18,25H,16-17,19H2,1-5H3,(H,31,35). The number of nitrogens with one attached hydrogen (secondary N) is 1. The van der Waals surface area contributed by atoms with Crippen molar-refractivity contribution < 1.29 is 23.8 Å². The Labute approximate surface area is 240 Å². The second kappa shape index (κ2) is 12.7. The Morgan fingerprint density at radius 1 is 0.925 bits per heavy atom. The fraction of sp³-hybridized carbons (Fsp3) is 0.300. The highest BCUT2D eigenvalue weighted by Gasteiger charge is 2.44. The zero-order valence-electron chi connectivity index (χ0n) is 23.3. The summed E-state index contributed by atoms with van der Waals surface area (Å²) in [4.78, 5) is 32.2. The number of hydrogen-bond acceptors (Lipinski definition) is 7. The summed E-state index contributed by atoms with van der Waals surface area (Å²) in [5.41, 5.74) is 3.27. The second-order valence-corrected chi connectivity index (χ2v) is 9.86. The van der Waals surface area contributed by atoms with Crippen molar-refractivity contribution in [1.29, 1.82) is 0 Å². The van der Waals surface area contributed by atoms with Gasteiger partial charge in [0.2, 0.25) is 5.91 Å². The number of thiocarbonyl (C=S) groups is 1. The molecular weight excluding hydrogens is 528 g/mol. The van der Waals surface area contributed by atoms with Gasteiger partial charge in [-0.05, 0) is 84.9 Å². The molecule has 3 aromatic carbocycles. The summed E-state index contributed by atoms with van der Waals surface area (Å²) in [5, 5.41) is 3.25. The third kappa shape index (κ3) is 6.28. The zero-order chi connectivity index (χ0) is 28.8. The fourth-order valence-electron chi connectivity index (χ4n) is 4.57. The molecule has 1 unspecified atom stereocenters. The molecule has 2 amide bonds. The van der Waals surface area contributed by atoms with E-state index in [9.17, 15) is 9.59 Å². The SMILES string of the molecule is COc1ccc(NC(=O)CC2C(=O)N(c3ccc(N(C)C)cc3)C(=S)N2CCc2ccc(OC)c(OC)c2)cc1. The van der Waals surface area contributed by atoms with E-state index in [1.54, 1.807) is 45.6 Å². The Hall–Kier alpha value is -4.31. The van der Waals surface area contributed by atoms with Crippen molar-refractivity contribution in [3.63, 3.8) is 0 Å². The van der Waals surface area contributed by atoms with E-state index >= 15 is 0 Å². The van der Waals surface area contributed by atoms with Gasteiger partial charge >= 0.3 is 0 Å². The summed E-state index contributed by atoms with van der Waals surface area (Å²) in [6.45, 7) is 0.437. The van der Waals surface area contributed by atoms with Crippen molar-refractivity contribution in [3.05, 3.63) is 72.3 Å². The Morgan fingerprint density at radius 2 is 1.60 bits per heavy atom. The lowest BCUT2D eigenvalue weighted by Gasteiger charge is -2.24. The molecule has 40 heavy (non-hydrogen) atoms. The van der Waals surface area contributed by atoms with Crippen LogP contribution in [0.3, 0.4) is 0 Å². The molecule has 0 aliphatic carbocycles. The molecule has 1 atom stereocenters. The molecule has 1 N–H and O–H groups in total. The average molecular weight is 563 g/mol. The molecule has 210 valence electrons. The van der Waals surface area contributed by atoms with Crippen LogP contribution in [0.5, 0.6) is 17.2 Å². The lowest BCUT2D eigenvalue weighted by atomic mass is 10.1. The highest BCUT2D eigenvalue weighted by Crippen LogP contribution is 2.31. The summed E-state index contributed by atoms with van der Waals surface area (Å²) in [5.74, 6) is 1.43. The van der Waals surface area contributed by atoms with Crippen LogP contribution >= 0.6 is 12.2 Å². The largest absolute Gasteiger partial charge is 0.497 e. The Bertz CT molecular complexity index is 1360. The van der Waals surface area contributed by atoms with E-state index in [0.29, 0.717) is 46.7 Å². The van der Waals surface area contributed by atoms with Gasteiger partial charge in [0, 0.05) is 32.0 Å². The molecule has 9 nitrogen and oxygen atoms in total. The van der Waals surface area contributed by atoms with Gasteiger partial charge in [0.1, 0.15) is 11.8 Å². The number of ether oxygens (including phenoxy) is 3. The molecule has 1 heterocycles. The topological polar surface area (TPSA) is 83.6 Å². The Balaban J connectivity index is 1.56. The van der Waals surface area contributed by atoms with Crippen molar-refractivity contribution in [1.82, 2.24) is 4.90 Å². The van der Waals surface area contributed by atoms with E-state index in [1.165, 1.54) is 4.90 Å². The van der Waals surface area contributed by atoms with E-state index in [1.807, 2.05) is 66.4 Å². The van der Waals surface area contributed by atoms with Crippen LogP contribution in [-0.2, 0) is 16.0 Å². The highest BCUT2D eigenvalue weighted by molar-refractivity contribution is 7.80. The minimum atomic E-state index is -0.751. The number of hydrogen-bond donors (Lipinski definition) is 1. The highest BCUT2D eigenvalue weighted by atomic mass is 32.1. The molecule has 0 saturated carbocycles. The first kappa shape index (κ1) is 28.7. The molecule has 10 heteroatoms. The van der Waals surface area contributed by atoms with Gasteiger partial charge in [0.15, 0.2) is 16.6 Å². The monoisotopic (exact) mass is 562 g/mol. The average Bonchev–Trinajstić information content (AvgIpc) is 3.19. The van der Waals surface area contributed by atoms with E-state index in [2.05, 4.69) is 5.32 Å². The van der Waals surface area contributed by atoms with Crippen LogP contribution in [0, 0.1) is 0 Å². The summed E-state index contributed by atoms with van der Waals surface area (Å²) >= 11 is 5.83. The molecule has 0 spiro atoms. The quantitative estimate of drug-likeness (QED) is 0.346. The maximum absolute atomic E-state index is 13.8. The van der Waals surface area contributed by atoms with E-state index in [0.717, 1.165) is 11.3 Å². The zero-order valence-corrected chi connectivity index (χ0v) is 24.2. The number of rotatable bonds is 11. The van der Waals surface area contributed by atoms with Crippen molar-refractivity contribution in [2.24, 2.45) is 0 Å². The van der Waals surface area contributed by atoms with Crippen LogP contribution in [0.4, 0.5) is 17.1 Å². The normalized spacial score (nSPS) is 14.8. The van der Waals surface area contributed by atoms with Crippen molar-refractivity contribution in [2.75, 3.05) is 57.1 Å². The third-order valence-corrected chi connectivity index (χ3v) is 7.20. The molecule has 4 rings (SSSR count).